The molecule has 0 aromatic carbocycles. The Balaban J connectivity index is 2.78. The van der Waals surface area contributed by atoms with Gasteiger partial charge in [-0.25, -0.2) is 4.79 Å². The molecule has 72 valence electrons. The van der Waals surface area contributed by atoms with Crippen LogP contribution in [0.1, 0.15) is 19.7 Å². The molecule has 0 saturated carbocycles. The van der Waals surface area contributed by atoms with E-state index in [4.69, 9.17) is 0 Å². The molecule has 1 heterocycles. The van der Waals surface area contributed by atoms with Crippen molar-refractivity contribution in [2.45, 2.75) is 20.8 Å². The Bertz CT molecular complexity index is 291. The van der Waals surface area contributed by atoms with E-state index in [1.807, 2.05) is 13.8 Å². The van der Waals surface area contributed by atoms with Crippen LogP contribution in [0.4, 0.5) is 4.79 Å². The summed E-state index contributed by atoms with van der Waals surface area (Å²) in [6.07, 6.45) is 0. The van der Waals surface area contributed by atoms with E-state index < -0.39 is 0 Å². The molecule has 0 aliphatic heterocycles. The van der Waals surface area contributed by atoms with Crippen LogP contribution in [0, 0.1) is 6.92 Å². The molecule has 0 bridgehead atoms. The lowest BCUT2D eigenvalue weighted by atomic mass is 10.5. The second-order valence-corrected chi connectivity index (χ2v) is 2.58. The van der Waals surface area contributed by atoms with Gasteiger partial charge in [0.1, 0.15) is 0 Å². The Kier molecular flexibility index (Phi) is 2.94. The number of nitrogens with zero attached hydrogens (tertiary/aromatic N) is 5. The molecule has 6 heteroatoms. The van der Waals surface area contributed by atoms with Crippen LogP contribution in [0.3, 0.4) is 0 Å². The third kappa shape index (κ3) is 2.01. The first-order chi connectivity index (χ1) is 6.19. The van der Waals surface area contributed by atoms with E-state index in [-0.39, 0.29) is 6.03 Å². The molecule has 0 aliphatic carbocycles. The average molecular weight is 183 g/mol. The van der Waals surface area contributed by atoms with E-state index in [1.54, 1.807) is 11.8 Å². The highest BCUT2D eigenvalue weighted by Gasteiger charge is 2.14. The van der Waals surface area contributed by atoms with E-state index in [9.17, 15) is 4.79 Å². The first-order valence-corrected chi connectivity index (χ1v) is 4.25. The minimum atomic E-state index is -0.231. The van der Waals surface area contributed by atoms with E-state index in [0.29, 0.717) is 18.9 Å². The Hall–Kier alpha value is -1.46. The first kappa shape index (κ1) is 9.63. The quantitative estimate of drug-likeness (QED) is 0.661. The summed E-state index contributed by atoms with van der Waals surface area (Å²) in [5.41, 5.74) is 0. The number of aromatic nitrogens is 4. The van der Waals surface area contributed by atoms with Crippen molar-refractivity contribution in [3.63, 3.8) is 0 Å². The Morgan fingerprint density at radius 3 is 2.46 bits per heavy atom. The van der Waals surface area contributed by atoms with Crippen LogP contribution in [-0.2, 0) is 0 Å². The van der Waals surface area contributed by atoms with Gasteiger partial charge in [-0.3, -0.25) is 0 Å². The summed E-state index contributed by atoms with van der Waals surface area (Å²) in [5.74, 6) is 0.500. The van der Waals surface area contributed by atoms with Crippen molar-refractivity contribution >= 4 is 6.03 Å². The minimum absolute atomic E-state index is 0.231. The van der Waals surface area contributed by atoms with E-state index in [1.165, 1.54) is 0 Å². The monoisotopic (exact) mass is 183 g/mol. The molecule has 1 aromatic heterocycles. The molecule has 1 rings (SSSR count). The SMILES string of the molecule is CCN(CC)C(=O)n1nnc(C)n1. The molecule has 1 aromatic rings. The van der Waals surface area contributed by atoms with Crippen molar-refractivity contribution in [3.8, 4) is 0 Å². The third-order valence-electron chi connectivity index (χ3n) is 1.72. The second-order valence-electron chi connectivity index (χ2n) is 2.58. The van der Waals surface area contributed by atoms with Gasteiger partial charge in [0.05, 0.1) is 0 Å². The number of carbonyl (C=O) groups excluding carboxylic acids is 1. The zero-order valence-electron chi connectivity index (χ0n) is 8.06. The van der Waals surface area contributed by atoms with Gasteiger partial charge in [-0.2, -0.15) is 0 Å². The van der Waals surface area contributed by atoms with Gasteiger partial charge < -0.3 is 4.90 Å². The lowest BCUT2D eigenvalue weighted by Crippen LogP contribution is -2.35. The maximum atomic E-state index is 11.5. The molecule has 0 atom stereocenters. The number of rotatable bonds is 2. The summed E-state index contributed by atoms with van der Waals surface area (Å²) in [4.78, 5) is 14.2. The van der Waals surface area contributed by atoms with Crippen LogP contribution in [-0.4, -0.2) is 44.2 Å². The topological polar surface area (TPSA) is 63.9 Å². The largest absolute Gasteiger partial charge is 0.363 e. The van der Waals surface area contributed by atoms with Gasteiger partial charge in [-0.15, -0.1) is 10.2 Å². The van der Waals surface area contributed by atoms with E-state index in [0.717, 1.165) is 4.80 Å². The van der Waals surface area contributed by atoms with Gasteiger partial charge in [0.15, 0.2) is 5.82 Å². The number of tetrazole rings is 1. The van der Waals surface area contributed by atoms with Gasteiger partial charge in [-0.05, 0) is 26.0 Å². The summed E-state index contributed by atoms with van der Waals surface area (Å²) in [6, 6.07) is -0.231. The molecule has 6 nitrogen and oxygen atoms in total. The number of aryl methyl sites for hydroxylation is 1. The summed E-state index contributed by atoms with van der Waals surface area (Å²) < 4.78 is 0. The van der Waals surface area contributed by atoms with Crippen LogP contribution in [0.5, 0.6) is 0 Å². The van der Waals surface area contributed by atoms with Crippen LogP contribution >= 0.6 is 0 Å². The molecule has 0 aliphatic rings. The van der Waals surface area contributed by atoms with Crippen molar-refractivity contribution < 1.29 is 4.79 Å². The molecule has 0 fully saturated rings. The fraction of sp³-hybridized carbons (Fsp3) is 0.714. The lowest BCUT2D eigenvalue weighted by Gasteiger charge is -2.15. The highest BCUT2D eigenvalue weighted by atomic mass is 16.2. The predicted molar refractivity (Wildman–Crippen MR) is 46.3 cm³/mol. The Morgan fingerprint density at radius 2 is 2.08 bits per heavy atom. The molecule has 0 radical (unpaired) electrons. The van der Waals surface area contributed by atoms with Gasteiger partial charge in [-0.1, -0.05) is 4.80 Å². The van der Waals surface area contributed by atoms with Crippen LogP contribution in [0.15, 0.2) is 0 Å². The first-order valence-electron chi connectivity index (χ1n) is 4.25. The van der Waals surface area contributed by atoms with Crippen LogP contribution in [0.25, 0.3) is 0 Å². The maximum Gasteiger partial charge on any atom is 0.363 e. The summed E-state index contributed by atoms with van der Waals surface area (Å²) in [5, 5.41) is 11.1. The molecular formula is C7H13N5O. The molecule has 0 saturated heterocycles. The molecular weight excluding hydrogens is 170 g/mol. The molecule has 0 N–H and O–H groups in total. The second kappa shape index (κ2) is 3.97. The molecule has 1 amide bonds. The van der Waals surface area contributed by atoms with E-state index >= 15 is 0 Å². The van der Waals surface area contributed by atoms with E-state index in [2.05, 4.69) is 15.4 Å². The number of hydrogen-bond donors (Lipinski definition) is 0. The normalized spacial score (nSPS) is 10.1. The average Bonchev–Trinajstić information content (AvgIpc) is 2.54. The minimum Gasteiger partial charge on any atom is -0.322 e. The summed E-state index contributed by atoms with van der Waals surface area (Å²) in [7, 11) is 0. The van der Waals surface area contributed by atoms with Gasteiger partial charge >= 0.3 is 6.03 Å². The van der Waals surface area contributed by atoms with Crippen molar-refractivity contribution in [2.24, 2.45) is 0 Å². The zero-order valence-corrected chi connectivity index (χ0v) is 8.06. The predicted octanol–water partition coefficient (Wildman–Crippen LogP) is 0.291. The molecule has 0 unspecified atom stereocenters. The van der Waals surface area contributed by atoms with Gasteiger partial charge in [0, 0.05) is 13.1 Å². The number of hydrogen-bond acceptors (Lipinski definition) is 4. The van der Waals surface area contributed by atoms with Crippen molar-refractivity contribution in [1.29, 1.82) is 0 Å². The fourth-order valence-electron chi connectivity index (χ4n) is 0.986. The highest BCUT2D eigenvalue weighted by molar-refractivity contribution is 5.74. The smallest absolute Gasteiger partial charge is 0.322 e. The number of carbonyl (C=O) groups is 1. The summed E-state index contributed by atoms with van der Waals surface area (Å²) in [6.45, 7) is 6.81. The molecule has 0 spiro atoms. The maximum absolute atomic E-state index is 11.5. The fourth-order valence-corrected chi connectivity index (χ4v) is 0.986. The van der Waals surface area contributed by atoms with Crippen molar-refractivity contribution in [3.05, 3.63) is 5.82 Å². The van der Waals surface area contributed by atoms with Crippen LogP contribution in [0.2, 0.25) is 0 Å². The van der Waals surface area contributed by atoms with Crippen molar-refractivity contribution in [1.82, 2.24) is 25.1 Å². The van der Waals surface area contributed by atoms with Crippen molar-refractivity contribution in [2.75, 3.05) is 13.1 Å². The molecule has 13 heavy (non-hydrogen) atoms. The number of amides is 1. The zero-order chi connectivity index (χ0) is 9.84. The lowest BCUT2D eigenvalue weighted by molar-refractivity contribution is 0.197. The third-order valence-corrected chi connectivity index (χ3v) is 1.72. The summed E-state index contributed by atoms with van der Waals surface area (Å²) >= 11 is 0. The van der Waals surface area contributed by atoms with Gasteiger partial charge in [0.25, 0.3) is 0 Å². The Labute approximate surface area is 76.5 Å². The van der Waals surface area contributed by atoms with Gasteiger partial charge in [0.2, 0.25) is 0 Å². The highest BCUT2D eigenvalue weighted by Crippen LogP contribution is 1.92. The van der Waals surface area contributed by atoms with Crippen LogP contribution < -0.4 is 0 Å². The standard InChI is InChI=1S/C7H13N5O/c1-4-11(5-2)7(13)12-9-6(3)8-10-12/h4-5H2,1-3H3. The Morgan fingerprint density at radius 1 is 1.46 bits per heavy atom.